The summed E-state index contributed by atoms with van der Waals surface area (Å²) in [5.41, 5.74) is 2.37. The minimum Gasteiger partial charge on any atom is -0.444 e. The molecule has 1 fully saturated rings. The highest BCUT2D eigenvalue weighted by atomic mass is 35.5. The smallest absolute Gasteiger partial charge is 0.414 e. The molecule has 11 nitrogen and oxygen atoms in total. The molecule has 47 heavy (non-hydrogen) atoms. The monoisotopic (exact) mass is 665 g/mol. The summed E-state index contributed by atoms with van der Waals surface area (Å²) in [5, 5.41) is 2.72. The van der Waals surface area contributed by atoms with Gasteiger partial charge in [-0.2, -0.15) is 9.97 Å². The normalized spacial score (nSPS) is 19.6. The van der Waals surface area contributed by atoms with Crippen LogP contribution in [0.2, 0.25) is 5.15 Å². The molecule has 2 heterocycles. The van der Waals surface area contributed by atoms with Crippen LogP contribution in [0.4, 0.5) is 10.7 Å². The molecule has 0 aliphatic heterocycles. The topological polar surface area (TPSA) is 119 Å². The Morgan fingerprint density at radius 1 is 0.894 bits per heavy atom. The molecule has 1 amide bonds. The Morgan fingerprint density at radius 2 is 1.47 bits per heavy atom. The number of amides is 1. The largest absolute Gasteiger partial charge is 0.444 e. The molecule has 1 N–H and O–H groups in total. The Labute approximate surface area is 280 Å². The minimum atomic E-state index is -0.697. The summed E-state index contributed by atoms with van der Waals surface area (Å²) in [6.45, 7) is 12.1. The molecule has 2 aromatic heterocycles. The molecule has 0 radical (unpaired) electrons. The summed E-state index contributed by atoms with van der Waals surface area (Å²) in [4.78, 5) is 26.1. The van der Waals surface area contributed by atoms with Crippen molar-refractivity contribution in [1.29, 1.82) is 0 Å². The van der Waals surface area contributed by atoms with Crippen molar-refractivity contribution in [2.45, 2.75) is 65.8 Å². The first-order valence-corrected chi connectivity index (χ1v) is 16.4. The maximum Gasteiger partial charge on any atom is 0.414 e. The first-order chi connectivity index (χ1) is 22.7. The number of benzene rings is 2. The van der Waals surface area contributed by atoms with Crippen molar-refractivity contribution in [3.05, 3.63) is 83.3 Å². The van der Waals surface area contributed by atoms with Crippen molar-refractivity contribution >= 4 is 34.8 Å². The molecular formula is C35H44ClN5O6. The molecule has 1 aliphatic carbocycles. The summed E-state index contributed by atoms with van der Waals surface area (Å²) in [6.07, 6.45) is 0.510. The molecule has 4 aromatic rings. The van der Waals surface area contributed by atoms with Crippen LogP contribution in [0.15, 0.2) is 67.0 Å². The maximum atomic E-state index is 12.6. The zero-order valence-electron chi connectivity index (χ0n) is 27.6. The molecule has 4 atom stereocenters. The van der Waals surface area contributed by atoms with E-state index in [9.17, 15) is 4.79 Å². The first kappa shape index (κ1) is 34.7. The highest BCUT2D eigenvalue weighted by Gasteiger charge is 2.56. The standard InChI is InChI=1S/C35H44ClN5O6/c1-6-45-32(46-7-2)27-25(20-43-18-23-14-10-8-11-15-23)26(21-44-19-24-16-12-9-13-17-24)29(27)41-22-37-28-30(36)38-33(39-31(28)41)40-34(42)47-35(3,4)5/h8-17,22,25-27,29,32H,6-7,18-21H2,1-5H3,(H,38,39,40,42)/t25-,26-,27+,29+/m1/s1. The number of aromatic nitrogens is 4. The van der Waals surface area contributed by atoms with Crippen molar-refractivity contribution in [3.63, 3.8) is 0 Å². The number of hydrogen-bond donors (Lipinski definition) is 1. The van der Waals surface area contributed by atoms with Gasteiger partial charge in [-0.15, -0.1) is 0 Å². The van der Waals surface area contributed by atoms with Gasteiger partial charge in [0.1, 0.15) is 11.1 Å². The number of ether oxygens (including phenoxy) is 5. The molecule has 1 aliphatic rings. The third-order valence-electron chi connectivity index (χ3n) is 8.01. The number of imidazole rings is 1. The van der Waals surface area contributed by atoms with Gasteiger partial charge in [0.15, 0.2) is 17.1 Å². The van der Waals surface area contributed by atoms with Crippen LogP contribution in [-0.4, -0.2) is 63.9 Å². The summed E-state index contributed by atoms with van der Waals surface area (Å²) in [7, 11) is 0. The summed E-state index contributed by atoms with van der Waals surface area (Å²) in [6, 6.07) is 20.0. The van der Waals surface area contributed by atoms with Crippen LogP contribution in [0, 0.1) is 17.8 Å². The van der Waals surface area contributed by atoms with Crippen molar-refractivity contribution in [2.75, 3.05) is 31.7 Å². The van der Waals surface area contributed by atoms with Crippen molar-refractivity contribution in [1.82, 2.24) is 19.5 Å². The van der Waals surface area contributed by atoms with Gasteiger partial charge in [-0.25, -0.2) is 9.78 Å². The maximum absolute atomic E-state index is 12.6. The third-order valence-corrected chi connectivity index (χ3v) is 8.27. The Balaban J connectivity index is 1.48. The predicted molar refractivity (Wildman–Crippen MR) is 179 cm³/mol. The number of carbonyl (C=O) groups is 1. The molecule has 0 saturated heterocycles. The second kappa shape index (κ2) is 16.0. The first-order valence-electron chi connectivity index (χ1n) is 16.0. The van der Waals surface area contributed by atoms with Crippen LogP contribution in [-0.2, 0) is 36.9 Å². The van der Waals surface area contributed by atoms with E-state index in [0.29, 0.717) is 50.8 Å². The van der Waals surface area contributed by atoms with E-state index in [1.807, 2.05) is 66.9 Å². The van der Waals surface area contributed by atoms with Crippen LogP contribution in [0.25, 0.3) is 11.2 Å². The highest BCUT2D eigenvalue weighted by molar-refractivity contribution is 6.33. The number of anilines is 1. The fourth-order valence-electron chi connectivity index (χ4n) is 6.07. The molecule has 0 spiro atoms. The van der Waals surface area contributed by atoms with E-state index in [0.717, 1.165) is 11.1 Å². The Kier molecular flexibility index (Phi) is 11.8. The van der Waals surface area contributed by atoms with Crippen LogP contribution in [0.3, 0.4) is 0 Å². The number of hydrogen-bond acceptors (Lipinski definition) is 9. The Bertz CT molecular complexity index is 1580. The van der Waals surface area contributed by atoms with Crippen molar-refractivity contribution in [2.24, 2.45) is 17.8 Å². The number of fused-ring (bicyclic) bond motifs is 1. The lowest BCUT2D eigenvalue weighted by molar-refractivity contribution is -0.242. The molecule has 0 bridgehead atoms. The van der Waals surface area contributed by atoms with Gasteiger partial charge < -0.3 is 28.3 Å². The predicted octanol–water partition coefficient (Wildman–Crippen LogP) is 7.06. The fourth-order valence-corrected chi connectivity index (χ4v) is 6.28. The summed E-state index contributed by atoms with van der Waals surface area (Å²) >= 11 is 6.59. The Hall–Kier alpha value is -3.61. The van der Waals surface area contributed by atoms with Crippen LogP contribution < -0.4 is 5.32 Å². The molecule has 2 aromatic carbocycles. The lowest BCUT2D eigenvalue weighted by atomic mass is 9.60. The van der Waals surface area contributed by atoms with E-state index < -0.39 is 18.0 Å². The van der Waals surface area contributed by atoms with Gasteiger partial charge in [0.25, 0.3) is 0 Å². The highest BCUT2D eigenvalue weighted by Crippen LogP contribution is 2.53. The van der Waals surface area contributed by atoms with E-state index in [1.54, 1.807) is 27.1 Å². The van der Waals surface area contributed by atoms with E-state index in [4.69, 9.17) is 35.3 Å². The lowest BCUT2D eigenvalue weighted by Crippen LogP contribution is -2.57. The fraction of sp³-hybridized carbons (Fsp3) is 0.486. The van der Waals surface area contributed by atoms with Gasteiger partial charge in [0.05, 0.1) is 32.8 Å². The second-order valence-electron chi connectivity index (χ2n) is 12.5. The molecule has 12 heteroatoms. The van der Waals surface area contributed by atoms with E-state index >= 15 is 0 Å². The Morgan fingerprint density at radius 3 is 2.02 bits per heavy atom. The zero-order valence-corrected chi connectivity index (χ0v) is 28.4. The van der Waals surface area contributed by atoms with Crippen LogP contribution >= 0.6 is 11.6 Å². The van der Waals surface area contributed by atoms with Gasteiger partial charge in [0.2, 0.25) is 5.95 Å². The van der Waals surface area contributed by atoms with E-state index in [1.165, 1.54) is 0 Å². The van der Waals surface area contributed by atoms with Crippen LogP contribution in [0.1, 0.15) is 51.8 Å². The molecule has 1 saturated carbocycles. The average molecular weight is 666 g/mol. The number of carbonyl (C=O) groups excluding carboxylic acids is 1. The van der Waals surface area contributed by atoms with Gasteiger partial charge in [-0.1, -0.05) is 72.3 Å². The average Bonchev–Trinajstić information content (AvgIpc) is 3.44. The van der Waals surface area contributed by atoms with Crippen molar-refractivity contribution < 1.29 is 28.5 Å². The van der Waals surface area contributed by atoms with Crippen LogP contribution in [0.5, 0.6) is 0 Å². The third kappa shape index (κ3) is 8.85. The molecule has 252 valence electrons. The minimum absolute atomic E-state index is 0.0140. The van der Waals surface area contributed by atoms with Gasteiger partial charge in [-0.05, 0) is 51.7 Å². The lowest BCUT2D eigenvalue weighted by Gasteiger charge is -2.54. The van der Waals surface area contributed by atoms with Gasteiger partial charge in [-0.3, -0.25) is 5.32 Å². The number of nitrogens with zero attached hydrogens (tertiary/aromatic N) is 4. The SMILES string of the molecule is CCOC(OCC)[C@H]1[C@H](COCc2ccccc2)[C@@H](COCc2ccccc2)[C@@H]1n1cnc2c(Cl)nc(NC(=O)OC(C)(C)C)nc21. The zero-order chi connectivity index (χ0) is 33.4. The van der Waals surface area contributed by atoms with Crippen molar-refractivity contribution in [3.8, 4) is 0 Å². The second-order valence-corrected chi connectivity index (χ2v) is 12.8. The number of nitrogens with one attached hydrogen (secondary N) is 1. The molecule has 0 unspecified atom stereocenters. The van der Waals surface area contributed by atoms with E-state index in [-0.39, 0.29) is 34.9 Å². The summed E-state index contributed by atoms with van der Waals surface area (Å²) in [5.74, 6) is -0.113. The number of halogens is 1. The number of rotatable bonds is 15. The summed E-state index contributed by atoms with van der Waals surface area (Å²) < 4.78 is 32.5. The molecule has 5 rings (SSSR count). The quantitative estimate of drug-likeness (QED) is 0.105. The van der Waals surface area contributed by atoms with E-state index in [2.05, 4.69) is 32.4 Å². The molecular weight excluding hydrogens is 622 g/mol. The van der Waals surface area contributed by atoms with Gasteiger partial charge >= 0.3 is 6.09 Å². The van der Waals surface area contributed by atoms with Gasteiger partial charge in [0, 0.05) is 31.1 Å².